The van der Waals surface area contributed by atoms with Gasteiger partial charge in [-0.15, -0.1) is 0 Å². The molecular weight excluding hydrogens is 294 g/mol. The van der Waals surface area contributed by atoms with Crippen molar-refractivity contribution in [1.29, 1.82) is 0 Å². The molecule has 0 aromatic heterocycles. The molecule has 3 amide bonds. The van der Waals surface area contributed by atoms with Crippen LogP contribution in [0.3, 0.4) is 0 Å². The van der Waals surface area contributed by atoms with Crippen LogP contribution in [0.15, 0.2) is 24.3 Å². The minimum absolute atomic E-state index is 0.449. The molecule has 1 saturated heterocycles. The predicted octanol–water partition coefficient (Wildman–Crippen LogP) is 2.18. The number of carbonyl (C=O) groups excluding carboxylic acids is 2. The third-order valence-electron chi connectivity index (χ3n) is 3.38. The minimum atomic E-state index is -0.921. The molecule has 1 heterocycles. The molecular formula is C14H18ClN3O3. The van der Waals surface area contributed by atoms with Crippen LogP contribution in [0.2, 0.25) is 5.02 Å². The number of urea groups is 1. The summed E-state index contributed by atoms with van der Waals surface area (Å²) in [5, 5.41) is 3.28. The Kier molecular flexibility index (Phi) is 4.11. The van der Waals surface area contributed by atoms with E-state index in [4.69, 9.17) is 22.1 Å². The standard InChI is InChI=1S/C14H18ClN3O3/c1-8-11(12(16)19)18(14(2,3)21-8)13(20)17-10-6-4-9(15)5-7-10/h4-8,11H,1-3H3,(H2,16,19)(H,17,20). The summed E-state index contributed by atoms with van der Waals surface area (Å²) >= 11 is 5.80. The zero-order valence-corrected chi connectivity index (χ0v) is 12.8. The first-order valence-corrected chi connectivity index (χ1v) is 6.93. The summed E-state index contributed by atoms with van der Waals surface area (Å²) in [6.07, 6.45) is -0.464. The second kappa shape index (κ2) is 5.54. The quantitative estimate of drug-likeness (QED) is 0.878. The number of rotatable bonds is 2. The Labute approximate surface area is 128 Å². The number of anilines is 1. The third kappa shape index (κ3) is 3.11. The number of nitrogens with two attached hydrogens (primary N) is 1. The Morgan fingerprint density at radius 1 is 1.33 bits per heavy atom. The Morgan fingerprint density at radius 3 is 2.43 bits per heavy atom. The van der Waals surface area contributed by atoms with Gasteiger partial charge in [0.2, 0.25) is 5.91 Å². The molecule has 2 atom stereocenters. The van der Waals surface area contributed by atoms with Gasteiger partial charge in [0.1, 0.15) is 11.8 Å². The highest BCUT2D eigenvalue weighted by Crippen LogP contribution is 2.32. The molecule has 3 N–H and O–H groups in total. The summed E-state index contributed by atoms with van der Waals surface area (Å²) in [6.45, 7) is 5.15. The van der Waals surface area contributed by atoms with Crippen LogP contribution in [0.5, 0.6) is 0 Å². The van der Waals surface area contributed by atoms with E-state index in [0.717, 1.165) is 0 Å². The molecule has 6 nitrogen and oxygen atoms in total. The van der Waals surface area contributed by atoms with E-state index in [1.807, 2.05) is 0 Å². The molecule has 1 aromatic rings. The molecule has 1 aromatic carbocycles. The number of ether oxygens (including phenoxy) is 1. The molecule has 0 saturated carbocycles. The Balaban J connectivity index is 2.23. The van der Waals surface area contributed by atoms with Gasteiger partial charge in [0, 0.05) is 10.7 Å². The molecule has 0 radical (unpaired) electrons. The first-order valence-electron chi connectivity index (χ1n) is 6.55. The molecule has 0 spiro atoms. The van der Waals surface area contributed by atoms with Crippen molar-refractivity contribution in [3.8, 4) is 0 Å². The van der Waals surface area contributed by atoms with Crippen LogP contribution in [0.25, 0.3) is 0 Å². The summed E-state index contributed by atoms with van der Waals surface area (Å²) in [7, 11) is 0. The van der Waals surface area contributed by atoms with Crippen molar-refractivity contribution in [2.45, 2.75) is 38.6 Å². The number of carbonyl (C=O) groups is 2. The SMILES string of the molecule is CC1OC(C)(C)N(C(=O)Nc2ccc(Cl)cc2)C1C(N)=O. The number of halogens is 1. The zero-order valence-electron chi connectivity index (χ0n) is 12.1. The fourth-order valence-corrected chi connectivity index (χ4v) is 2.69. The Morgan fingerprint density at radius 2 is 1.90 bits per heavy atom. The first-order chi connectivity index (χ1) is 9.72. The van der Waals surface area contributed by atoms with E-state index < -0.39 is 29.8 Å². The number of amides is 3. The fourth-order valence-electron chi connectivity index (χ4n) is 2.57. The maximum Gasteiger partial charge on any atom is 0.324 e. The van der Waals surface area contributed by atoms with Gasteiger partial charge in [-0.2, -0.15) is 0 Å². The maximum absolute atomic E-state index is 12.5. The highest BCUT2D eigenvalue weighted by atomic mass is 35.5. The second-order valence-electron chi connectivity index (χ2n) is 5.42. The van der Waals surface area contributed by atoms with E-state index in [1.54, 1.807) is 45.0 Å². The summed E-state index contributed by atoms with van der Waals surface area (Å²) < 4.78 is 5.66. The van der Waals surface area contributed by atoms with Gasteiger partial charge in [0.05, 0.1) is 6.10 Å². The van der Waals surface area contributed by atoms with Crippen molar-refractivity contribution in [1.82, 2.24) is 4.90 Å². The van der Waals surface area contributed by atoms with E-state index in [0.29, 0.717) is 10.7 Å². The second-order valence-corrected chi connectivity index (χ2v) is 5.86. The Bertz CT molecular complexity index is 559. The van der Waals surface area contributed by atoms with Gasteiger partial charge >= 0.3 is 6.03 Å². The lowest BCUT2D eigenvalue weighted by atomic mass is 10.1. The van der Waals surface area contributed by atoms with E-state index in [2.05, 4.69) is 5.32 Å². The first kappa shape index (κ1) is 15.6. The maximum atomic E-state index is 12.5. The van der Waals surface area contributed by atoms with Crippen molar-refractivity contribution < 1.29 is 14.3 Å². The molecule has 0 bridgehead atoms. The number of hydrogen-bond acceptors (Lipinski definition) is 3. The summed E-state index contributed by atoms with van der Waals surface area (Å²) in [5.74, 6) is -0.598. The number of benzene rings is 1. The van der Waals surface area contributed by atoms with Gasteiger partial charge in [-0.25, -0.2) is 4.79 Å². The van der Waals surface area contributed by atoms with Gasteiger partial charge in [-0.05, 0) is 45.0 Å². The van der Waals surface area contributed by atoms with Crippen molar-refractivity contribution in [3.05, 3.63) is 29.3 Å². The van der Waals surface area contributed by atoms with Crippen LogP contribution in [-0.2, 0) is 9.53 Å². The minimum Gasteiger partial charge on any atom is -0.368 e. The molecule has 0 aliphatic carbocycles. The van der Waals surface area contributed by atoms with Crippen molar-refractivity contribution >= 4 is 29.2 Å². The monoisotopic (exact) mass is 311 g/mol. The topological polar surface area (TPSA) is 84.7 Å². The van der Waals surface area contributed by atoms with Crippen LogP contribution in [0.4, 0.5) is 10.5 Å². The molecule has 7 heteroatoms. The van der Waals surface area contributed by atoms with Crippen LogP contribution in [0.1, 0.15) is 20.8 Å². The fraction of sp³-hybridized carbons (Fsp3) is 0.429. The molecule has 2 unspecified atom stereocenters. The number of nitrogens with zero attached hydrogens (tertiary/aromatic N) is 1. The van der Waals surface area contributed by atoms with E-state index >= 15 is 0 Å². The highest BCUT2D eigenvalue weighted by Gasteiger charge is 2.50. The van der Waals surface area contributed by atoms with Gasteiger partial charge in [-0.1, -0.05) is 11.6 Å². The average molecular weight is 312 g/mol. The summed E-state index contributed by atoms with van der Waals surface area (Å²) in [6, 6.07) is 5.41. The third-order valence-corrected chi connectivity index (χ3v) is 3.64. The summed E-state index contributed by atoms with van der Waals surface area (Å²) in [5.41, 5.74) is 5.04. The van der Waals surface area contributed by atoms with Crippen LogP contribution in [0, 0.1) is 0 Å². The lowest BCUT2D eigenvalue weighted by Crippen LogP contribution is -2.54. The van der Waals surface area contributed by atoms with Crippen molar-refractivity contribution in [2.75, 3.05) is 5.32 Å². The van der Waals surface area contributed by atoms with Crippen LogP contribution < -0.4 is 11.1 Å². The molecule has 1 fully saturated rings. The van der Waals surface area contributed by atoms with Gasteiger partial charge < -0.3 is 15.8 Å². The predicted molar refractivity (Wildman–Crippen MR) is 79.9 cm³/mol. The molecule has 1 aliphatic heterocycles. The largest absolute Gasteiger partial charge is 0.368 e. The molecule has 2 rings (SSSR count). The highest BCUT2D eigenvalue weighted by molar-refractivity contribution is 6.30. The van der Waals surface area contributed by atoms with E-state index in [-0.39, 0.29) is 0 Å². The number of primary amides is 1. The van der Waals surface area contributed by atoms with Crippen molar-refractivity contribution in [3.63, 3.8) is 0 Å². The lowest BCUT2D eigenvalue weighted by Gasteiger charge is -2.32. The van der Waals surface area contributed by atoms with Gasteiger partial charge in [0.25, 0.3) is 0 Å². The van der Waals surface area contributed by atoms with E-state index in [1.165, 1.54) is 4.90 Å². The molecule has 114 valence electrons. The van der Waals surface area contributed by atoms with Crippen LogP contribution in [-0.4, -0.2) is 34.7 Å². The molecule has 21 heavy (non-hydrogen) atoms. The number of nitrogens with one attached hydrogen (secondary N) is 1. The van der Waals surface area contributed by atoms with Crippen LogP contribution >= 0.6 is 11.6 Å². The molecule has 1 aliphatic rings. The smallest absolute Gasteiger partial charge is 0.324 e. The number of hydrogen-bond donors (Lipinski definition) is 2. The Hall–Kier alpha value is -1.79. The lowest BCUT2D eigenvalue weighted by molar-refractivity contribution is -0.122. The zero-order chi connectivity index (χ0) is 15.8. The van der Waals surface area contributed by atoms with Crippen molar-refractivity contribution in [2.24, 2.45) is 5.73 Å². The van der Waals surface area contributed by atoms with Gasteiger partial charge in [-0.3, -0.25) is 9.69 Å². The van der Waals surface area contributed by atoms with Gasteiger partial charge in [0.15, 0.2) is 0 Å². The normalized spacial score (nSPS) is 23.9. The average Bonchev–Trinajstić information content (AvgIpc) is 2.61. The summed E-state index contributed by atoms with van der Waals surface area (Å²) in [4.78, 5) is 25.4. The van der Waals surface area contributed by atoms with E-state index in [9.17, 15) is 9.59 Å².